The van der Waals surface area contributed by atoms with E-state index in [2.05, 4.69) is 10.6 Å². The van der Waals surface area contributed by atoms with E-state index in [-0.39, 0.29) is 11.8 Å². The molecule has 2 aromatic carbocycles. The number of anilines is 1. The number of rotatable bonds is 4. The van der Waals surface area contributed by atoms with E-state index in [0.717, 1.165) is 5.56 Å². The van der Waals surface area contributed by atoms with Gasteiger partial charge in [-0.1, -0.05) is 36.4 Å². The fourth-order valence-corrected chi connectivity index (χ4v) is 3.26. The molecule has 2 amide bonds. The van der Waals surface area contributed by atoms with E-state index in [0.29, 0.717) is 37.3 Å². The quantitative estimate of drug-likeness (QED) is 0.901. The Kier molecular flexibility index (Phi) is 5.14. The van der Waals surface area contributed by atoms with Gasteiger partial charge in [-0.05, 0) is 36.6 Å². The van der Waals surface area contributed by atoms with Crippen LogP contribution in [0.5, 0.6) is 0 Å². The van der Waals surface area contributed by atoms with E-state index in [1.165, 1.54) is 0 Å². The van der Waals surface area contributed by atoms with Gasteiger partial charge < -0.3 is 15.4 Å². The summed E-state index contributed by atoms with van der Waals surface area (Å²) >= 11 is 0. The number of ether oxygens (including phenoxy) is 1. The second-order valence-corrected chi connectivity index (χ2v) is 6.17. The normalized spacial score (nSPS) is 16.0. The molecule has 1 aliphatic rings. The van der Waals surface area contributed by atoms with Gasteiger partial charge in [-0.25, -0.2) is 0 Å². The van der Waals surface area contributed by atoms with Crippen molar-refractivity contribution in [1.29, 1.82) is 0 Å². The number of carbonyl (C=O) groups excluding carboxylic acids is 2. The summed E-state index contributed by atoms with van der Waals surface area (Å²) in [5, 5.41) is 5.59. The summed E-state index contributed by atoms with van der Waals surface area (Å²) in [5.74, 6) is -0.240. The van der Waals surface area contributed by atoms with E-state index in [1.54, 1.807) is 31.3 Å². The molecule has 2 aromatic rings. The molecule has 2 N–H and O–H groups in total. The molecule has 0 saturated carbocycles. The molecule has 0 radical (unpaired) electrons. The minimum atomic E-state index is -0.609. The molecule has 0 unspecified atom stereocenters. The molecule has 25 heavy (non-hydrogen) atoms. The summed E-state index contributed by atoms with van der Waals surface area (Å²) in [7, 11) is 1.58. The second kappa shape index (κ2) is 7.49. The van der Waals surface area contributed by atoms with Gasteiger partial charge in [-0.3, -0.25) is 9.59 Å². The molecule has 1 heterocycles. The van der Waals surface area contributed by atoms with Gasteiger partial charge in [0.25, 0.3) is 5.91 Å². The topological polar surface area (TPSA) is 67.4 Å². The summed E-state index contributed by atoms with van der Waals surface area (Å²) in [4.78, 5) is 25.0. The van der Waals surface area contributed by atoms with Crippen molar-refractivity contribution in [2.24, 2.45) is 0 Å². The van der Waals surface area contributed by atoms with Crippen molar-refractivity contribution < 1.29 is 14.3 Å². The predicted molar refractivity (Wildman–Crippen MR) is 96.6 cm³/mol. The van der Waals surface area contributed by atoms with Crippen molar-refractivity contribution in [3.05, 3.63) is 65.7 Å². The Morgan fingerprint density at radius 3 is 2.40 bits per heavy atom. The van der Waals surface area contributed by atoms with Crippen molar-refractivity contribution >= 4 is 17.5 Å². The van der Waals surface area contributed by atoms with E-state index in [9.17, 15) is 9.59 Å². The number of carbonyl (C=O) groups is 2. The number of benzene rings is 2. The lowest BCUT2D eigenvalue weighted by atomic mass is 9.73. The molecule has 0 aliphatic carbocycles. The molecule has 3 rings (SSSR count). The molecular weight excluding hydrogens is 316 g/mol. The first-order valence-electron chi connectivity index (χ1n) is 8.42. The SMILES string of the molecule is CNC(=O)c1cccc(NC(=O)C2(c3ccccc3)CCOCC2)c1. The van der Waals surface area contributed by atoms with Crippen molar-refractivity contribution in [2.75, 3.05) is 25.6 Å². The number of hydrogen-bond acceptors (Lipinski definition) is 3. The Labute approximate surface area is 147 Å². The van der Waals surface area contributed by atoms with Crippen molar-refractivity contribution in [1.82, 2.24) is 5.32 Å². The third-order valence-corrected chi connectivity index (χ3v) is 4.72. The largest absolute Gasteiger partial charge is 0.381 e. The number of nitrogens with one attached hydrogen (secondary N) is 2. The van der Waals surface area contributed by atoms with Crippen LogP contribution in [-0.4, -0.2) is 32.1 Å². The molecule has 1 saturated heterocycles. The first-order chi connectivity index (χ1) is 12.2. The third kappa shape index (κ3) is 3.56. The van der Waals surface area contributed by atoms with Gasteiger partial charge in [0.15, 0.2) is 0 Å². The number of amides is 2. The number of hydrogen-bond donors (Lipinski definition) is 2. The average molecular weight is 338 g/mol. The van der Waals surface area contributed by atoms with Gasteiger partial charge in [0.05, 0.1) is 5.41 Å². The first kappa shape index (κ1) is 17.2. The highest BCUT2D eigenvalue weighted by molar-refractivity contribution is 6.01. The Hall–Kier alpha value is -2.66. The standard InChI is InChI=1S/C20H22N2O3/c1-21-18(23)15-6-5-9-17(14-15)22-19(24)20(10-12-25-13-11-20)16-7-3-2-4-8-16/h2-9,14H,10-13H2,1H3,(H,21,23)(H,22,24). The van der Waals surface area contributed by atoms with E-state index in [4.69, 9.17) is 4.74 Å². The van der Waals surface area contributed by atoms with Crippen LogP contribution in [0.1, 0.15) is 28.8 Å². The monoisotopic (exact) mass is 338 g/mol. The zero-order valence-electron chi connectivity index (χ0n) is 14.2. The molecule has 0 aromatic heterocycles. The summed E-state index contributed by atoms with van der Waals surface area (Å²) in [6, 6.07) is 16.8. The highest BCUT2D eigenvalue weighted by Gasteiger charge is 2.41. The van der Waals surface area contributed by atoms with Gasteiger partial charge in [0.2, 0.25) is 5.91 Å². The van der Waals surface area contributed by atoms with Crippen LogP contribution in [0.25, 0.3) is 0 Å². The molecule has 5 heteroatoms. The maximum atomic E-state index is 13.2. The zero-order valence-corrected chi connectivity index (χ0v) is 14.2. The maximum absolute atomic E-state index is 13.2. The van der Waals surface area contributed by atoms with Gasteiger partial charge in [-0.2, -0.15) is 0 Å². The minimum Gasteiger partial charge on any atom is -0.381 e. The van der Waals surface area contributed by atoms with Gasteiger partial charge in [-0.15, -0.1) is 0 Å². The zero-order chi connectivity index (χ0) is 17.7. The molecule has 130 valence electrons. The summed E-state index contributed by atoms with van der Waals surface area (Å²) in [5.41, 5.74) is 1.52. The molecule has 1 aliphatic heterocycles. The Balaban J connectivity index is 1.88. The van der Waals surface area contributed by atoms with Crippen LogP contribution >= 0.6 is 0 Å². The van der Waals surface area contributed by atoms with E-state index in [1.807, 2.05) is 30.3 Å². The van der Waals surface area contributed by atoms with Gasteiger partial charge >= 0.3 is 0 Å². The first-order valence-corrected chi connectivity index (χ1v) is 8.42. The predicted octanol–water partition coefficient (Wildman–Crippen LogP) is 2.73. The summed E-state index contributed by atoms with van der Waals surface area (Å²) in [6.45, 7) is 1.11. The molecule has 5 nitrogen and oxygen atoms in total. The highest BCUT2D eigenvalue weighted by Crippen LogP contribution is 2.36. The van der Waals surface area contributed by atoms with Gasteiger partial charge in [0, 0.05) is 31.5 Å². The Bertz CT molecular complexity index is 753. The molecule has 0 atom stereocenters. The lowest BCUT2D eigenvalue weighted by molar-refractivity contribution is -0.125. The van der Waals surface area contributed by atoms with E-state index < -0.39 is 5.41 Å². The fraction of sp³-hybridized carbons (Fsp3) is 0.300. The average Bonchev–Trinajstić information content (AvgIpc) is 2.68. The van der Waals surface area contributed by atoms with Crippen molar-refractivity contribution in [3.8, 4) is 0 Å². The van der Waals surface area contributed by atoms with Crippen LogP contribution in [-0.2, 0) is 14.9 Å². The maximum Gasteiger partial charge on any atom is 0.251 e. The van der Waals surface area contributed by atoms with Crippen LogP contribution in [0.2, 0.25) is 0 Å². The Morgan fingerprint density at radius 2 is 1.72 bits per heavy atom. The summed E-state index contributed by atoms with van der Waals surface area (Å²) in [6.07, 6.45) is 1.27. The fourth-order valence-electron chi connectivity index (χ4n) is 3.26. The van der Waals surface area contributed by atoms with Crippen molar-refractivity contribution in [3.63, 3.8) is 0 Å². The van der Waals surface area contributed by atoms with Crippen molar-refractivity contribution in [2.45, 2.75) is 18.3 Å². The third-order valence-electron chi connectivity index (χ3n) is 4.72. The van der Waals surface area contributed by atoms with Gasteiger partial charge in [0.1, 0.15) is 0 Å². The van der Waals surface area contributed by atoms with Crippen LogP contribution in [0.4, 0.5) is 5.69 Å². The molecular formula is C20H22N2O3. The smallest absolute Gasteiger partial charge is 0.251 e. The van der Waals surface area contributed by atoms with E-state index >= 15 is 0 Å². The lowest BCUT2D eigenvalue weighted by Gasteiger charge is -2.36. The van der Waals surface area contributed by atoms with Crippen LogP contribution in [0.15, 0.2) is 54.6 Å². The highest BCUT2D eigenvalue weighted by atomic mass is 16.5. The summed E-state index contributed by atoms with van der Waals surface area (Å²) < 4.78 is 5.48. The molecule has 0 spiro atoms. The molecule has 1 fully saturated rings. The Morgan fingerprint density at radius 1 is 1.00 bits per heavy atom. The van der Waals surface area contributed by atoms with Crippen LogP contribution in [0, 0.1) is 0 Å². The van der Waals surface area contributed by atoms with Crippen LogP contribution < -0.4 is 10.6 Å². The van der Waals surface area contributed by atoms with Crippen LogP contribution in [0.3, 0.4) is 0 Å². The second-order valence-electron chi connectivity index (χ2n) is 6.17. The lowest BCUT2D eigenvalue weighted by Crippen LogP contribution is -2.44. The minimum absolute atomic E-state index is 0.0592. The molecule has 0 bridgehead atoms.